The van der Waals surface area contributed by atoms with Crippen LogP contribution < -0.4 is 15.6 Å². The Balaban J connectivity index is 1.86. The minimum atomic E-state index is -0.712. The zero-order chi connectivity index (χ0) is 21.1. The van der Waals surface area contributed by atoms with Crippen molar-refractivity contribution in [3.63, 3.8) is 0 Å². The van der Waals surface area contributed by atoms with Crippen LogP contribution in [0.25, 0.3) is 11.0 Å². The van der Waals surface area contributed by atoms with Crippen molar-refractivity contribution in [3.05, 3.63) is 88.6 Å². The number of nitrogens with one attached hydrogen (secondary N) is 1. The van der Waals surface area contributed by atoms with Crippen LogP contribution in [-0.2, 0) is 6.54 Å². The second-order valence-corrected chi connectivity index (χ2v) is 6.70. The molecule has 0 spiro atoms. The van der Waals surface area contributed by atoms with Crippen molar-refractivity contribution < 1.29 is 22.8 Å². The van der Waals surface area contributed by atoms with E-state index in [-0.39, 0.29) is 28.4 Å². The largest absolute Gasteiger partial charge is 0.493 e. The Morgan fingerprint density at radius 3 is 2.80 bits per heavy atom. The third kappa shape index (κ3) is 3.92. The molecule has 4 rings (SSSR count). The van der Waals surface area contributed by atoms with Gasteiger partial charge in [0.15, 0.2) is 17.1 Å². The normalized spacial score (nSPS) is 11.6. The Morgan fingerprint density at radius 2 is 2.03 bits per heavy atom. The maximum absolute atomic E-state index is 14.4. The molecule has 0 aliphatic carbocycles. The summed E-state index contributed by atoms with van der Waals surface area (Å²) >= 11 is 5.86. The lowest BCUT2D eigenvalue weighted by molar-refractivity contribution is 0.0944. The average molecular weight is 427 g/mol. The van der Waals surface area contributed by atoms with Gasteiger partial charge in [-0.15, -0.1) is 0 Å². The van der Waals surface area contributed by atoms with Crippen LogP contribution in [0.2, 0.25) is 5.02 Å². The molecule has 30 heavy (non-hydrogen) atoms. The summed E-state index contributed by atoms with van der Waals surface area (Å²) in [6, 6.07) is 14.7. The van der Waals surface area contributed by atoms with Crippen molar-refractivity contribution in [2.75, 3.05) is 7.11 Å². The maximum atomic E-state index is 14.4. The number of benzene rings is 2. The summed E-state index contributed by atoms with van der Waals surface area (Å²) in [5.74, 6) is -0.127. The fourth-order valence-electron chi connectivity index (χ4n) is 2.89. The Morgan fingerprint density at radius 1 is 1.20 bits per heavy atom. The molecule has 1 N–H and O–H groups in total. The molecular weight excluding hydrogens is 411 g/mol. The molecule has 1 amide bonds. The van der Waals surface area contributed by atoms with Gasteiger partial charge in [0, 0.05) is 5.39 Å². The molecule has 0 saturated heterocycles. The van der Waals surface area contributed by atoms with Crippen LogP contribution in [-0.4, -0.2) is 13.0 Å². The quantitative estimate of drug-likeness (QED) is 0.487. The molecule has 152 valence electrons. The van der Waals surface area contributed by atoms with Gasteiger partial charge in [0.2, 0.25) is 5.55 Å². The number of hydrogen-bond acceptors (Lipinski definition) is 5. The third-order valence-corrected chi connectivity index (χ3v) is 4.65. The molecule has 2 aromatic carbocycles. The standard InChI is InChI=1S/C22H16ClFN2O4/c1-28-18-9-2-5-13-11-15(21(27)25-12-14-6-4-10-29-14)22(30-20(13)18)26-17-8-3-7-16(23)19(17)24/h2-11H,12H2,1H3,(H,25,27). The summed E-state index contributed by atoms with van der Waals surface area (Å²) in [6.07, 6.45) is 1.52. The van der Waals surface area contributed by atoms with Crippen molar-refractivity contribution in [3.8, 4) is 5.75 Å². The van der Waals surface area contributed by atoms with Gasteiger partial charge in [-0.25, -0.2) is 9.38 Å². The first kappa shape index (κ1) is 19.7. The predicted octanol–water partition coefficient (Wildman–Crippen LogP) is 4.99. The van der Waals surface area contributed by atoms with Crippen LogP contribution in [0.3, 0.4) is 0 Å². The molecule has 0 aliphatic rings. The molecule has 0 bridgehead atoms. The highest BCUT2D eigenvalue weighted by atomic mass is 35.5. The van der Waals surface area contributed by atoms with Crippen LogP contribution in [0.1, 0.15) is 16.1 Å². The lowest BCUT2D eigenvalue weighted by Gasteiger charge is -2.08. The SMILES string of the molecule is COc1cccc2cc(C(=O)NCc3ccco3)c(=Nc3cccc(Cl)c3F)oc12. The number of halogens is 2. The molecule has 8 heteroatoms. The van der Waals surface area contributed by atoms with Crippen molar-refractivity contribution in [1.29, 1.82) is 0 Å². The Labute approximate surface area is 175 Å². The van der Waals surface area contributed by atoms with E-state index in [1.165, 1.54) is 25.5 Å². The van der Waals surface area contributed by atoms with Crippen molar-refractivity contribution >= 4 is 34.2 Å². The first-order chi connectivity index (χ1) is 14.6. The number of para-hydroxylation sites is 1. The highest BCUT2D eigenvalue weighted by molar-refractivity contribution is 6.31. The number of hydrogen-bond donors (Lipinski definition) is 1. The van der Waals surface area contributed by atoms with Crippen LogP contribution in [0.15, 0.2) is 74.7 Å². The minimum Gasteiger partial charge on any atom is -0.493 e. The highest BCUT2D eigenvalue weighted by Gasteiger charge is 2.16. The smallest absolute Gasteiger partial charge is 0.257 e. The molecule has 6 nitrogen and oxygen atoms in total. The molecule has 0 atom stereocenters. The highest BCUT2D eigenvalue weighted by Crippen LogP contribution is 2.27. The van der Waals surface area contributed by atoms with E-state index in [9.17, 15) is 9.18 Å². The van der Waals surface area contributed by atoms with E-state index in [0.717, 1.165) is 0 Å². The number of ether oxygens (including phenoxy) is 1. The Hall–Kier alpha value is -3.58. The summed E-state index contributed by atoms with van der Waals surface area (Å²) in [5, 5.41) is 3.29. The van der Waals surface area contributed by atoms with Gasteiger partial charge in [-0.3, -0.25) is 4.79 Å². The van der Waals surface area contributed by atoms with Gasteiger partial charge in [0.05, 0.1) is 24.9 Å². The van der Waals surface area contributed by atoms with Gasteiger partial charge in [-0.2, -0.15) is 0 Å². The van der Waals surface area contributed by atoms with Gasteiger partial charge < -0.3 is 18.9 Å². The number of rotatable bonds is 5. The van der Waals surface area contributed by atoms with E-state index in [0.29, 0.717) is 22.5 Å². The van der Waals surface area contributed by atoms with E-state index < -0.39 is 11.7 Å². The Bertz CT molecular complexity index is 1280. The average Bonchev–Trinajstić information content (AvgIpc) is 3.28. The molecule has 2 heterocycles. The van der Waals surface area contributed by atoms with Gasteiger partial charge in [-0.05, 0) is 36.4 Å². The second kappa shape index (κ2) is 8.42. The van der Waals surface area contributed by atoms with Crippen molar-refractivity contribution in [2.45, 2.75) is 6.54 Å². The summed E-state index contributed by atoms with van der Waals surface area (Å²) in [7, 11) is 1.50. The molecule has 0 saturated carbocycles. The molecule has 0 radical (unpaired) electrons. The van der Waals surface area contributed by atoms with E-state index in [2.05, 4.69) is 10.3 Å². The van der Waals surface area contributed by atoms with Gasteiger partial charge in [0.1, 0.15) is 17.0 Å². The molecular formula is C22H16ClFN2O4. The summed E-state index contributed by atoms with van der Waals surface area (Å²) in [5.41, 5.74) is 0.371. The number of carbonyl (C=O) groups excluding carboxylic acids is 1. The number of methoxy groups -OCH3 is 1. The third-order valence-electron chi connectivity index (χ3n) is 4.36. The number of nitrogens with zero attached hydrogens (tertiary/aromatic N) is 1. The van der Waals surface area contributed by atoms with Crippen LogP contribution >= 0.6 is 11.6 Å². The van der Waals surface area contributed by atoms with Gasteiger partial charge >= 0.3 is 0 Å². The lowest BCUT2D eigenvalue weighted by atomic mass is 10.1. The number of furan rings is 1. The van der Waals surface area contributed by atoms with Crippen molar-refractivity contribution in [2.24, 2.45) is 4.99 Å². The monoisotopic (exact) mass is 426 g/mol. The first-order valence-corrected chi connectivity index (χ1v) is 9.35. The van der Waals surface area contributed by atoms with Gasteiger partial charge in [0.25, 0.3) is 5.91 Å². The minimum absolute atomic E-state index is 0.0550. The molecule has 2 aromatic heterocycles. The van der Waals surface area contributed by atoms with Crippen molar-refractivity contribution in [1.82, 2.24) is 5.32 Å². The van der Waals surface area contributed by atoms with E-state index >= 15 is 0 Å². The topological polar surface area (TPSA) is 77.0 Å². The fourth-order valence-corrected chi connectivity index (χ4v) is 3.06. The van der Waals surface area contributed by atoms with E-state index in [4.69, 9.17) is 25.2 Å². The maximum Gasteiger partial charge on any atom is 0.257 e. The summed E-state index contributed by atoms with van der Waals surface area (Å²) < 4.78 is 30.9. The molecule has 0 fully saturated rings. The summed E-state index contributed by atoms with van der Waals surface area (Å²) in [6.45, 7) is 0.174. The molecule has 0 aliphatic heterocycles. The lowest BCUT2D eigenvalue weighted by Crippen LogP contribution is -2.28. The van der Waals surface area contributed by atoms with Gasteiger partial charge in [-0.1, -0.05) is 29.8 Å². The van der Waals surface area contributed by atoms with E-state index in [1.54, 1.807) is 42.5 Å². The van der Waals surface area contributed by atoms with Crippen LogP contribution in [0.5, 0.6) is 5.75 Å². The number of amides is 1. The fraction of sp³-hybridized carbons (Fsp3) is 0.0909. The Kier molecular flexibility index (Phi) is 5.54. The molecule has 4 aromatic rings. The summed E-state index contributed by atoms with van der Waals surface area (Å²) in [4.78, 5) is 17.1. The zero-order valence-electron chi connectivity index (χ0n) is 15.8. The predicted molar refractivity (Wildman–Crippen MR) is 109 cm³/mol. The van der Waals surface area contributed by atoms with E-state index in [1.807, 2.05) is 0 Å². The number of fused-ring (bicyclic) bond motifs is 1. The van der Waals surface area contributed by atoms with Crippen LogP contribution in [0, 0.1) is 5.82 Å². The first-order valence-electron chi connectivity index (χ1n) is 8.97. The second-order valence-electron chi connectivity index (χ2n) is 6.29. The van der Waals surface area contributed by atoms with Crippen LogP contribution in [0.4, 0.5) is 10.1 Å². The molecule has 0 unspecified atom stereocenters. The number of carbonyl (C=O) groups is 1. The zero-order valence-corrected chi connectivity index (χ0v) is 16.6.